The van der Waals surface area contributed by atoms with Gasteiger partial charge in [-0.2, -0.15) is 21.6 Å². The molecule has 1 aliphatic rings. The molecule has 2 aromatic carbocycles. The zero-order chi connectivity index (χ0) is 20.0. The Morgan fingerprint density at radius 2 is 1.59 bits per heavy atom. The van der Waals surface area contributed by atoms with E-state index in [0.717, 1.165) is 0 Å². The summed E-state index contributed by atoms with van der Waals surface area (Å²) in [6, 6.07) is 12.7. The molecule has 1 aliphatic heterocycles. The molecule has 1 heterocycles. The molecule has 0 spiro atoms. The van der Waals surface area contributed by atoms with E-state index in [1.54, 1.807) is 30.3 Å². The zero-order valence-electron chi connectivity index (χ0n) is 14.4. The topological polar surface area (TPSA) is 63.7 Å². The second-order valence-corrected chi connectivity index (χ2v) is 8.10. The predicted octanol–water partition coefficient (Wildman–Crippen LogP) is 3.39. The second kappa shape index (κ2) is 6.26. The molecule has 2 aromatic rings. The number of β-lactam (4-membered cyclic amide) rings is 1. The van der Waals surface area contributed by atoms with E-state index in [1.165, 1.54) is 38.3 Å². The lowest BCUT2D eigenvalue weighted by atomic mass is 9.66. The van der Waals surface area contributed by atoms with Crippen LogP contribution in [0.15, 0.2) is 54.6 Å². The average molecular weight is 399 g/mol. The van der Waals surface area contributed by atoms with Crippen LogP contribution < -0.4 is 4.74 Å². The number of nitrogens with zero attached hydrogens (tertiary/aromatic N) is 1. The highest BCUT2D eigenvalue weighted by molar-refractivity contribution is 7.90. The number of hydrogen-bond acceptors (Lipinski definition) is 4. The van der Waals surface area contributed by atoms with Crippen molar-refractivity contribution in [1.29, 1.82) is 0 Å². The van der Waals surface area contributed by atoms with Crippen LogP contribution in [-0.4, -0.2) is 31.2 Å². The summed E-state index contributed by atoms with van der Waals surface area (Å²) in [6.07, 6.45) is 0. The van der Waals surface area contributed by atoms with E-state index in [1.807, 2.05) is 0 Å². The van der Waals surface area contributed by atoms with Crippen LogP contribution in [0, 0.1) is 0 Å². The molecular formula is C18H16F3NO4S. The molecule has 0 aliphatic carbocycles. The third-order valence-corrected chi connectivity index (χ3v) is 6.26. The van der Waals surface area contributed by atoms with Gasteiger partial charge in [0.05, 0.1) is 18.6 Å². The maximum Gasteiger partial charge on any atom is 0.516 e. The molecule has 0 bridgehead atoms. The molecule has 0 aromatic heterocycles. The van der Waals surface area contributed by atoms with Gasteiger partial charge >= 0.3 is 15.5 Å². The first-order valence-corrected chi connectivity index (χ1v) is 9.33. The molecule has 0 saturated carbocycles. The smallest absolute Gasteiger partial charge is 0.497 e. The van der Waals surface area contributed by atoms with E-state index < -0.39 is 32.9 Å². The SMILES string of the molecule is COc1ccc([C@H]2N(S(=O)(=O)C(F)(F)F)C(=O)[C@]2(C)c2ccccc2)cc1. The Hall–Kier alpha value is -2.55. The minimum Gasteiger partial charge on any atom is -0.497 e. The molecule has 2 atom stereocenters. The average Bonchev–Trinajstić information content (AvgIpc) is 2.64. The molecule has 3 rings (SSSR count). The number of alkyl halides is 3. The molecule has 27 heavy (non-hydrogen) atoms. The molecule has 0 unspecified atom stereocenters. The molecule has 9 heteroatoms. The van der Waals surface area contributed by atoms with Gasteiger partial charge in [-0.15, -0.1) is 0 Å². The highest BCUT2D eigenvalue weighted by atomic mass is 32.2. The molecule has 1 saturated heterocycles. The number of halogens is 3. The van der Waals surface area contributed by atoms with Crippen molar-refractivity contribution in [3.8, 4) is 5.75 Å². The van der Waals surface area contributed by atoms with Crippen LogP contribution in [0.2, 0.25) is 0 Å². The molecule has 5 nitrogen and oxygen atoms in total. The van der Waals surface area contributed by atoms with Gasteiger partial charge in [0.1, 0.15) is 5.75 Å². The van der Waals surface area contributed by atoms with Crippen LogP contribution in [0.4, 0.5) is 13.2 Å². The lowest BCUT2D eigenvalue weighted by molar-refractivity contribution is -0.152. The minimum absolute atomic E-state index is 0.0676. The zero-order valence-corrected chi connectivity index (χ0v) is 15.2. The van der Waals surface area contributed by atoms with Gasteiger partial charge in [0.2, 0.25) is 5.91 Å². The van der Waals surface area contributed by atoms with Gasteiger partial charge < -0.3 is 4.74 Å². The van der Waals surface area contributed by atoms with Gasteiger partial charge in [0.25, 0.3) is 0 Å². The Labute approximate surface area is 154 Å². The standard InChI is InChI=1S/C18H16F3NO4S/c1-17(13-6-4-3-5-7-13)15(12-8-10-14(26-2)11-9-12)22(16(17)23)27(24,25)18(19,20)21/h3-11,15H,1-2H3/t15-,17-/m1/s1. The van der Waals surface area contributed by atoms with E-state index in [9.17, 15) is 26.4 Å². The van der Waals surface area contributed by atoms with Crippen molar-refractivity contribution in [2.75, 3.05) is 7.11 Å². The molecule has 0 N–H and O–H groups in total. The number of carbonyl (C=O) groups excluding carboxylic acids is 1. The Morgan fingerprint density at radius 3 is 2.07 bits per heavy atom. The fourth-order valence-electron chi connectivity index (χ4n) is 3.31. The lowest BCUT2D eigenvalue weighted by Gasteiger charge is -2.53. The lowest BCUT2D eigenvalue weighted by Crippen LogP contribution is -2.67. The first-order chi connectivity index (χ1) is 12.5. The van der Waals surface area contributed by atoms with E-state index in [4.69, 9.17) is 4.74 Å². The minimum atomic E-state index is -5.83. The highest BCUT2D eigenvalue weighted by Gasteiger charge is 2.68. The van der Waals surface area contributed by atoms with Crippen molar-refractivity contribution in [2.24, 2.45) is 0 Å². The quantitative estimate of drug-likeness (QED) is 0.740. The summed E-state index contributed by atoms with van der Waals surface area (Å²) in [6.45, 7) is 1.45. The Balaban J connectivity index is 2.17. The number of ether oxygens (including phenoxy) is 1. The number of amides is 1. The summed E-state index contributed by atoms with van der Waals surface area (Å²) in [5.41, 5.74) is -6.33. The predicted molar refractivity (Wildman–Crippen MR) is 91.3 cm³/mol. The van der Waals surface area contributed by atoms with Crippen LogP contribution >= 0.6 is 0 Å². The van der Waals surface area contributed by atoms with Crippen molar-refractivity contribution in [3.05, 3.63) is 65.7 Å². The molecular weight excluding hydrogens is 383 g/mol. The maximum atomic E-state index is 13.1. The Morgan fingerprint density at radius 1 is 1.04 bits per heavy atom. The molecule has 1 fully saturated rings. The second-order valence-electron chi connectivity index (χ2n) is 6.30. The fourth-order valence-corrected chi connectivity index (χ4v) is 4.55. The van der Waals surface area contributed by atoms with Gasteiger partial charge in [-0.3, -0.25) is 4.79 Å². The Kier molecular flexibility index (Phi) is 4.46. The summed E-state index contributed by atoms with van der Waals surface area (Å²) in [4.78, 5) is 12.7. The van der Waals surface area contributed by atoms with Crippen LogP contribution in [-0.2, 0) is 20.2 Å². The van der Waals surface area contributed by atoms with E-state index in [0.29, 0.717) is 11.3 Å². The van der Waals surface area contributed by atoms with Gasteiger partial charge in [0, 0.05) is 0 Å². The summed E-state index contributed by atoms with van der Waals surface area (Å²) in [5, 5.41) is 0. The number of methoxy groups -OCH3 is 1. The van der Waals surface area contributed by atoms with Crippen LogP contribution in [0.1, 0.15) is 24.1 Å². The van der Waals surface area contributed by atoms with Crippen molar-refractivity contribution in [3.63, 3.8) is 0 Å². The fraction of sp³-hybridized carbons (Fsp3) is 0.278. The number of sulfonamides is 1. The monoisotopic (exact) mass is 399 g/mol. The Bertz CT molecular complexity index is 958. The first kappa shape index (κ1) is 19.2. The van der Waals surface area contributed by atoms with Gasteiger partial charge in [-0.25, -0.2) is 4.31 Å². The van der Waals surface area contributed by atoms with Crippen molar-refractivity contribution in [1.82, 2.24) is 4.31 Å². The van der Waals surface area contributed by atoms with Crippen LogP contribution in [0.3, 0.4) is 0 Å². The van der Waals surface area contributed by atoms with Gasteiger partial charge in [-0.05, 0) is 30.2 Å². The molecule has 0 radical (unpaired) electrons. The summed E-state index contributed by atoms with van der Waals surface area (Å²) >= 11 is 0. The third kappa shape index (κ3) is 2.77. The van der Waals surface area contributed by atoms with E-state index in [2.05, 4.69) is 0 Å². The molecule has 144 valence electrons. The van der Waals surface area contributed by atoms with Gasteiger partial charge in [-0.1, -0.05) is 42.5 Å². The van der Waals surface area contributed by atoms with Crippen LogP contribution in [0.25, 0.3) is 0 Å². The van der Waals surface area contributed by atoms with Crippen molar-refractivity contribution < 1.29 is 31.1 Å². The first-order valence-electron chi connectivity index (χ1n) is 7.89. The van der Waals surface area contributed by atoms with Gasteiger partial charge in [0.15, 0.2) is 0 Å². The summed E-state index contributed by atoms with van der Waals surface area (Å²) in [7, 11) is -4.40. The van der Waals surface area contributed by atoms with Crippen LogP contribution in [0.5, 0.6) is 5.75 Å². The van der Waals surface area contributed by atoms with Crippen molar-refractivity contribution in [2.45, 2.75) is 23.9 Å². The largest absolute Gasteiger partial charge is 0.516 e. The third-order valence-electron chi connectivity index (χ3n) is 4.78. The highest BCUT2D eigenvalue weighted by Crippen LogP contribution is 2.54. The van der Waals surface area contributed by atoms with E-state index in [-0.39, 0.29) is 9.87 Å². The summed E-state index contributed by atoms with van der Waals surface area (Å²) in [5.74, 6) is -0.664. The maximum absolute atomic E-state index is 13.1. The number of benzene rings is 2. The van der Waals surface area contributed by atoms with E-state index >= 15 is 0 Å². The van der Waals surface area contributed by atoms with Crippen molar-refractivity contribution >= 4 is 15.9 Å². The number of rotatable bonds is 4. The number of carbonyl (C=O) groups is 1. The normalized spacial score (nSPS) is 23.1. The molecule has 1 amide bonds. The summed E-state index contributed by atoms with van der Waals surface area (Å²) < 4.78 is 68.4. The number of hydrogen-bond donors (Lipinski definition) is 0.